The predicted octanol–water partition coefficient (Wildman–Crippen LogP) is 0.443. The highest BCUT2D eigenvalue weighted by atomic mass is 32.1. The molecule has 0 saturated carbocycles. The highest BCUT2D eigenvalue weighted by Crippen LogP contribution is 2.37. The first kappa shape index (κ1) is 13.6. The number of nitrogen functional groups attached to an aromatic ring is 1. The first-order chi connectivity index (χ1) is 9.08. The third-order valence-corrected chi connectivity index (χ3v) is 4.55. The third kappa shape index (κ3) is 2.50. The number of hydrogen-bond acceptors (Lipinski definition) is 6. The lowest BCUT2D eigenvalue weighted by atomic mass is 10.2. The number of nitriles is 1. The lowest BCUT2D eigenvalue weighted by molar-refractivity contribution is 0.100. The highest BCUT2D eigenvalue weighted by molar-refractivity contribution is 7.17. The highest BCUT2D eigenvalue weighted by Gasteiger charge is 2.26. The van der Waals surface area contributed by atoms with Crippen molar-refractivity contribution in [3.63, 3.8) is 0 Å². The maximum atomic E-state index is 11.5. The minimum absolute atomic E-state index is 0.216. The van der Waals surface area contributed by atoms with Gasteiger partial charge in [-0.2, -0.15) is 5.26 Å². The Labute approximate surface area is 116 Å². The summed E-state index contributed by atoms with van der Waals surface area (Å²) in [5, 5.41) is 9.75. The fraction of sp³-hybridized carbons (Fsp3) is 0.500. The topological polar surface area (TPSA) is 99.4 Å². The van der Waals surface area contributed by atoms with Crippen molar-refractivity contribution < 1.29 is 4.79 Å². The zero-order valence-corrected chi connectivity index (χ0v) is 11.7. The van der Waals surface area contributed by atoms with E-state index in [0.717, 1.165) is 37.7 Å². The van der Waals surface area contributed by atoms with Gasteiger partial charge in [0.25, 0.3) is 5.91 Å². The number of amides is 1. The Morgan fingerprint density at radius 3 is 2.53 bits per heavy atom. The summed E-state index contributed by atoms with van der Waals surface area (Å²) in [4.78, 5) is 16.3. The molecule has 0 aliphatic carbocycles. The van der Waals surface area contributed by atoms with Crippen molar-refractivity contribution in [2.45, 2.75) is 6.92 Å². The van der Waals surface area contributed by atoms with E-state index in [4.69, 9.17) is 16.7 Å². The molecule has 7 heteroatoms. The molecule has 2 rings (SSSR count). The summed E-state index contributed by atoms with van der Waals surface area (Å²) in [7, 11) is 0. The summed E-state index contributed by atoms with van der Waals surface area (Å²) in [5.41, 5.74) is 11.7. The Bertz CT molecular complexity index is 525. The molecule has 1 aliphatic rings. The largest absolute Gasteiger partial charge is 0.396 e. The first-order valence-electron chi connectivity index (χ1n) is 6.18. The Hall–Kier alpha value is -1.78. The van der Waals surface area contributed by atoms with Gasteiger partial charge in [-0.1, -0.05) is 6.92 Å². The van der Waals surface area contributed by atoms with E-state index in [1.165, 1.54) is 11.3 Å². The molecule has 0 unspecified atom stereocenters. The fourth-order valence-electron chi connectivity index (χ4n) is 2.24. The summed E-state index contributed by atoms with van der Waals surface area (Å²) < 4.78 is 0. The van der Waals surface area contributed by atoms with Crippen LogP contribution in [0.2, 0.25) is 0 Å². The minimum atomic E-state index is -0.567. The van der Waals surface area contributed by atoms with Crippen LogP contribution >= 0.6 is 11.3 Å². The summed E-state index contributed by atoms with van der Waals surface area (Å²) >= 11 is 1.25. The quantitative estimate of drug-likeness (QED) is 0.836. The van der Waals surface area contributed by atoms with E-state index in [1.807, 2.05) is 6.07 Å². The average molecular weight is 279 g/mol. The third-order valence-electron chi connectivity index (χ3n) is 3.38. The van der Waals surface area contributed by atoms with Gasteiger partial charge in [0.15, 0.2) is 0 Å². The maximum absolute atomic E-state index is 11.5. The van der Waals surface area contributed by atoms with Crippen LogP contribution in [0.1, 0.15) is 22.2 Å². The van der Waals surface area contributed by atoms with Crippen LogP contribution in [0.3, 0.4) is 0 Å². The number of piperazine rings is 1. The molecule has 1 aromatic rings. The SMILES string of the molecule is CCN1CCN(c2sc(C#N)c(N)c2C(N)=O)CC1. The molecular weight excluding hydrogens is 262 g/mol. The van der Waals surface area contributed by atoms with Crippen molar-refractivity contribution >= 4 is 27.9 Å². The van der Waals surface area contributed by atoms with Crippen LogP contribution < -0.4 is 16.4 Å². The van der Waals surface area contributed by atoms with Gasteiger partial charge in [0.1, 0.15) is 15.9 Å². The van der Waals surface area contributed by atoms with E-state index < -0.39 is 5.91 Å². The summed E-state index contributed by atoms with van der Waals surface area (Å²) in [6.45, 7) is 6.66. The lowest BCUT2D eigenvalue weighted by Gasteiger charge is -2.35. The van der Waals surface area contributed by atoms with Crippen LogP contribution in [0, 0.1) is 11.3 Å². The van der Waals surface area contributed by atoms with Crippen LogP contribution in [0.25, 0.3) is 0 Å². The molecule has 0 spiro atoms. The van der Waals surface area contributed by atoms with E-state index in [2.05, 4.69) is 16.7 Å². The number of nitrogens with two attached hydrogens (primary N) is 2. The molecule has 0 radical (unpaired) electrons. The van der Waals surface area contributed by atoms with Crippen LogP contribution in [0.15, 0.2) is 0 Å². The molecule has 1 fully saturated rings. The van der Waals surface area contributed by atoms with Crippen molar-refractivity contribution in [1.82, 2.24) is 4.90 Å². The molecule has 2 heterocycles. The van der Waals surface area contributed by atoms with E-state index in [-0.39, 0.29) is 5.69 Å². The second-order valence-corrected chi connectivity index (χ2v) is 5.42. The average Bonchev–Trinajstić information content (AvgIpc) is 2.76. The number of rotatable bonds is 3. The molecule has 1 amide bonds. The first-order valence-corrected chi connectivity index (χ1v) is 6.99. The molecule has 1 aliphatic heterocycles. The predicted molar refractivity (Wildman–Crippen MR) is 76.3 cm³/mol. The van der Waals surface area contributed by atoms with Gasteiger partial charge >= 0.3 is 0 Å². The van der Waals surface area contributed by atoms with E-state index in [9.17, 15) is 4.79 Å². The van der Waals surface area contributed by atoms with E-state index in [1.54, 1.807) is 0 Å². The number of hydrogen-bond donors (Lipinski definition) is 2. The zero-order chi connectivity index (χ0) is 14.0. The number of likely N-dealkylation sites (N-methyl/N-ethyl adjacent to an activating group) is 1. The van der Waals surface area contributed by atoms with Crippen LogP contribution in [-0.2, 0) is 0 Å². The Balaban J connectivity index is 2.30. The number of carbonyl (C=O) groups excluding carboxylic acids is 1. The molecule has 19 heavy (non-hydrogen) atoms. The smallest absolute Gasteiger partial charge is 0.253 e. The molecule has 0 bridgehead atoms. The fourth-order valence-corrected chi connectivity index (χ4v) is 3.32. The lowest BCUT2D eigenvalue weighted by Crippen LogP contribution is -2.46. The van der Waals surface area contributed by atoms with Gasteiger partial charge in [-0.25, -0.2) is 0 Å². The van der Waals surface area contributed by atoms with Crippen molar-refractivity contribution in [3.8, 4) is 6.07 Å². The van der Waals surface area contributed by atoms with Crippen molar-refractivity contribution in [2.75, 3.05) is 43.4 Å². The number of primary amides is 1. The van der Waals surface area contributed by atoms with Gasteiger partial charge in [0, 0.05) is 26.2 Å². The van der Waals surface area contributed by atoms with Gasteiger partial charge in [-0.15, -0.1) is 11.3 Å². The number of carbonyl (C=O) groups is 1. The Morgan fingerprint density at radius 1 is 1.42 bits per heavy atom. The van der Waals surface area contributed by atoms with Crippen LogP contribution in [0.5, 0.6) is 0 Å². The standard InChI is InChI=1S/C12H17N5OS/c1-2-16-3-5-17(6-4-16)12-9(11(15)18)10(14)8(7-13)19-12/h2-6,14H2,1H3,(H2,15,18). The Morgan fingerprint density at radius 2 is 2.05 bits per heavy atom. The molecular formula is C12H17N5OS. The van der Waals surface area contributed by atoms with Crippen molar-refractivity contribution in [2.24, 2.45) is 5.73 Å². The van der Waals surface area contributed by atoms with Crippen LogP contribution in [-0.4, -0.2) is 43.5 Å². The number of thiophene rings is 1. The van der Waals surface area contributed by atoms with Crippen molar-refractivity contribution in [3.05, 3.63) is 10.4 Å². The van der Waals surface area contributed by atoms with Gasteiger partial charge < -0.3 is 21.3 Å². The second-order valence-electron chi connectivity index (χ2n) is 4.42. The number of anilines is 2. The summed E-state index contributed by atoms with van der Waals surface area (Å²) in [6.07, 6.45) is 0. The van der Waals surface area contributed by atoms with Crippen molar-refractivity contribution in [1.29, 1.82) is 5.26 Å². The zero-order valence-electron chi connectivity index (χ0n) is 10.8. The summed E-state index contributed by atoms with van der Waals surface area (Å²) in [6, 6.07) is 2.02. The van der Waals surface area contributed by atoms with Gasteiger partial charge in [-0.05, 0) is 6.54 Å². The van der Waals surface area contributed by atoms with Gasteiger partial charge in [0.05, 0.1) is 11.3 Å². The normalized spacial score (nSPS) is 16.3. The van der Waals surface area contributed by atoms with Gasteiger partial charge in [0.2, 0.25) is 0 Å². The minimum Gasteiger partial charge on any atom is -0.396 e. The number of nitrogens with zero attached hydrogens (tertiary/aromatic N) is 3. The summed E-state index contributed by atoms with van der Waals surface area (Å²) in [5.74, 6) is -0.567. The van der Waals surface area contributed by atoms with Crippen LogP contribution in [0.4, 0.5) is 10.7 Å². The monoisotopic (exact) mass is 279 g/mol. The van der Waals surface area contributed by atoms with E-state index in [0.29, 0.717) is 10.4 Å². The van der Waals surface area contributed by atoms with E-state index >= 15 is 0 Å². The second kappa shape index (κ2) is 5.47. The molecule has 102 valence electrons. The maximum Gasteiger partial charge on any atom is 0.253 e. The Kier molecular flexibility index (Phi) is 3.93. The molecule has 6 nitrogen and oxygen atoms in total. The molecule has 1 aromatic heterocycles. The molecule has 0 atom stereocenters. The molecule has 0 aromatic carbocycles. The van der Waals surface area contributed by atoms with Gasteiger partial charge in [-0.3, -0.25) is 4.79 Å². The molecule has 4 N–H and O–H groups in total. The molecule has 1 saturated heterocycles.